The Hall–Kier alpha value is -3.15. The molecule has 0 aromatic rings. The molecule has 0 aliphatic carbocycles. The lowest BCUT2D eigenvalue weighted by Crippen LogP contribution is -2.30. The Morgan fingerprint density at radius 1 is 0.244 bits per heavy atom. The van der Waals surface area contributed by atoms with Crippen molar-refractivity contribution in [2.24, 2.45) is 0 Å². The fourth-order valence-electron chi connectivity index (χ4n) is 10.5. The highest BCUT2D eigenvalue weighted by atomic mass is 16.6. The summed E-state index contributed by atoms with van der Waals surface area (Å²) in [6.45, 7) is 6.66. The quantitative estimate of drug-likeness (QED) is 0.0261. The lowest BCUT2D eigenvalue weighted by molar-refractivity contribution is -0.167. The van der Waals surface area contributed by atoms with Crippen LogP contribution in [-0.4, -0.2) is 37.2 Å². The van der Waals surface area contributed by atoms with Gasteiger partial charge in [-0.25, -0.2) is 0 Å². The third kappa shape index (κ3) is 67.6. The van der Waals surface area contributed by atoms with Gasteiger partial charge in [0.2, 0.25) is 0 Å². The Balaban J connectivity index is 4.39. The number of rotatable bonds is 66. The van der Waals surface area contributed by atoms with Gasteiger partial charge in [0, 0.05) is 19.3 Å². The van der Waals surface area contributed by atoms with Gasteiger partial charge in [-0.3, -0.25) is 14.4 Å². The summed E-state index contributed by atoms with van der Waals surface area (Å²) in [5.74, 6) is -0.877. The standard InChI is InChI=1S/C76H136O6/c1-4-7-10-13-16-19-22-25-28-31-34-37-38-40-42-45-48-51-54-57-60-63-66-69-75(78)81-72-73(71-80-74(77)68-65-62-59-56-53-50-47-44-41-36-33-30-27-24-21-18-15-12-9-6-3)82-76(79)70-67-64-61-58-55-52-49-46-43-39-35-32-29-26-23-20-17-14-11-8-5-2/h22-23,25-26,31-32,34-35,38,40,43,46,73H,4-21,24,27-30,33,36-37,39,41-42,44-45,47-72H2,1-3H3/b25-22-,26-23-,34-31-,35-32-,40-38-,46-43-. The molecule has 0 saturated carbocycles. The van der Waals surface area contributed by atoms with E-state index in [4.69, 9.17) is 14.2 Å². The number of carbonyl (C=O) groups excluding carboxylic acids is 3. The first-order valence-electron chi connectivity index (χ1n) is 35.9. The smallest absolute Gasteiger partial charge is 0.306 e. The minimum Gasteiger partial charge on any atom is -0.462 e. The first kappa shape index (κ1) is 78.8. The van der Waals surface area contributed by atoms with Crippen molar-refractivity contribution >= 4 is 17.9 Å². The zero-order valence-electron chi connectivity index (χ0n) is 54.8. The average Bonchev–Trinajstić information content (AvgIpc) is 3.47. The van der Waals surface area contributed by atoms with Crippen molar-refractivity contribution in [3.05, 3.63) is 72.9 Å². The third-order valence-corrected chi connectivity index (χ3v) is 15.9. The monoisotopic (exact) mass is 1150 g/mol. The summed E-state index contributed by atoms with van der Waals surface area (Å²) in [6.07, 6.45) is 92.0. The van der Waals surface area contributed by atoms with Crippen molar-refractivity contribution in [1.82, 2.24) is 0 Å². The second kappa shape index (κ2) is 70.3. The van der Waals surface area contributed by atoms with Crippen molar-refractivity contribution in [1.29, 1.82) is 0 Å². The fraction of sp³-hybridized carbons (Fsp3) is 0.803. The molecule has 6 heteroatoms. The molecule has 1 unspecified atom stereocenters. The van der Waals surface area contributed by atoms with Crippen molar-refractivity contribution in [3.8, 4) is 0 Å². The normalized spacial score (nSPS) is 12.5. The summed E-state index contributed by atoms with van der Waals surface area (Å²) in [5, 5.41) is 0. The Morgan fingerprint density at radius 3 is 0.683 bits per heavy atom. The van der Waals surface area contributed by atoms with E-state index in [9.17, 15) is 14.4 Å². The second-order valence-corrected chi connectivity index (χ2v) is 24.1. The van der Waals surface area contributed by atoms with E-state index in [1.807, 2.05) is 0 Å². The van der Waals surface area contributed by atoms with Crippen LogP contribution in [0, 0.1) is 0 Å². The van der Waals surface area contributed by atoms with Gasteiger partial charge in [0.25, 0.3) is 0 Å². The first-order chi connectivity index (χ1) is 40.5. The summed E-state index contributed by atoms with van der Waals surface area (Å²) in [4.78, 5) is 38.5. The predicted molar refractivity (Wildman–Crippen MR) is 358 cm³/mol. The van der Waals surface area contributed by atoms with Gasteiger partial charge in [-0.05, 0) is 96.3 Å². The van der Waals surface area contributed by atoms with Crippen molar-refractivity contribution in [2.75, 3.05) is 13.2 Å². The minimum atomic E-state index is -0.787. The number of hydrogen-bond donors (Lipinski definition) is 0. The van der Waals surface area contributed by atoms with Gasteiger partial charge in [-0.15, -0.1) is 0 Å². The molecule has 0 fully saturated rings. The van der Waals surface area contributed by atoms with Crippen LogP contribution >= 0.6 is 0 Å². The second-order valence-electron chi connectivity index (χ2n) is 24.1. The number of allylic oxidation sites excluding steroid dienone is 12. The number of carbonyl (C=O) groups is 3. The van der Waals surface area contributed by atoms with E-state index in [2.05, 4.69) is 93.7 Å². The van der Waals surface area contributed by atoms with Crippen LogP contribution in [0.3, 0.4) is 0 Å². The summed E-state index contributed by atoms with van der Waals surface area (Å²) < 4.78 is 17.0. The number of hydrogen-bond acceptors (Lipinski definition) is 6. The zero-order chi connectivity index (χ0) is 59.2. The van der Waals surface area contributed by atoms with Crippen LogP contribution < -0.4 is 0 Å². The molecule has 0 amide bonds. The maximum absolute atomic E-state index is 13.0. The van der Waals surface area contributed by atoms with Gasteiger partial charge in [0.05, 0.1) is 0 Å². The van der Waals surface area contributed by atoms with Crippen LogP contribution in [-0.2, 0) is 28.6 Å². The number of esters is 3. The molecule has 1 atom stereocenters. The SMILES string of the molecule is CCCCCCC/C=C\C/C=C\C/C=C\CCCCCCCCCCC(=O)OCC(COC(=O)CCCCCCCCCCCCCCCCCCCCCC)OC(=O)CCCCCCCC/C=C\C/C=C\C/C=C\CCCCCCC. The van der Waals surface area contributed by atoms with Crippen LogP contribution in [0.15, 0.2) is 72.9 Å². The largest absolute Gasteiger partial charge is 0.462 e. The maximum atomic E-state index is 13.0. The molecule has 0 bridgehead atoms. The molecule has 0 saturated heterocycles. The van der Waals surface area contributed by atoms with E-state index in [0.29, 0.717) is 19.3 Å². The number of ether oxygens (including phenoxy) is 3. The Bertz CT molecular complexity index is 1500. The van der Waals surface area contributed by atoms with Crippen molar-refractivity contribution in [3.63, 3.8) is 0 Å². The van der Waals surface area contributed by atoms with Gasteiger partial charge in [0.15, 0.2) is 6.10 Å². The minimum absolute atomic E-state index is 0.0799. The Morgan fingerprint density at radius 2 is 0.439 bits per heavy atom. The molecule has 0 N–H and O–H groups in total. The molecular weight excluding hydrogens is 1010 g/mol. The topological polar surface area (TPSA) is 78.9 Å². The molecule has 0 spiro atoms. The fourth-order valence-corrected chi connectivity index (χ4v) is 10.5. The van der Waals surface area contributed by atoms with Gasteiger partial charge in [-0.2, -0.15) is 0 Å². The summed E-state index contributed by atoms with van der Waals surface area (Å²) >= 11 is 0. The Kier molecular flexibility index (Phi) is 67.6. The predicted octanol–water partition coefficient (Wildman–Crippen LogP) is 24.8. The van der Waals surface area contributed by atoms with Crippen LogP contribution in [0.25, 0.3) is 0 Å². The molecule has 82 heavy (non-hydrogen) atoms. The highest BCUT2D eigenvalue weighted by Gasteiger charge is 2.19. The van der Waals surface area contributed by atoms with Gasteiger partial charge >= 0.3 is 17.9 Å². The summed E-state index contributed by atoms with van der Waals surface area (Å²) in [7, 11) is 0. The van der Waals surface area contributed by atoms with E-state index >= 15 is 0 Å². The van der Waals surface area contributed by atoms with Crippen LogP contribution in [0.2, 0.25) is 0 Å². The van der Waals surface area contributed by atoms with E-state index in [-0.39, 0.29) is 31.1 Å². The summed E-state index contributed by atoms with van der Waals surface area (Å²) in [6, 6.07) is 0. The maximum Gasteiger partial charge on any atom is 0.306 e. The van der Waals surface area contributed by atoms with E-state index in [1.165, 1.54) is 231 Å². The average molecular weight is 1150 g/mol. The van der Waals surface area contributed by atoms with Crippen LogP contribution in [0.1, 0.15) is 374 Å². The molecular formula is C76H136O6. The van der Waals surface area contributed by atoms with E-state index in [1.54, 1.807) is 0 Å². The van der Waals surface area contributed by atoms with Gasteiger partial charge < -0.3 is 14.2 Å². The van der Waals surface area contributed by atoms with E-state index in [0.717, 1.165) is 103 Å². The molecule has 0 heterocycles. The summed E-state index contributed by atoms with van der Waals surface area (Å²) in [5.41, 5.74) is 0. The zero-order valence-corrected chi connectivity index (χ0v) is 54.8. The third-order valence-electron chi connectivity index (χ3n) is 15.9. The highest BCUT2D eigenvalue weighted by molar-refractivity contribution is 5.71. The van der Waals surface area contributed by atoms with Gasteiger partial charge in [0.1, 0.15) is 13.2 Å². The molecule has 0 aliphatic heterocycles. The molecule has 0 rings (SSSR count). The lowest BCUT2D eigenvalue weighted by atomic mass is 10.0. The van der Waals surface area contributed by atoms with Crippen LogP contribution in [0.4, 0.5) is 0 Å². The van der Waals surface area contributed by atoms with Crippen LogP contribution in [0.5, 0.6) is 0 Å². The van der Waals surface area contributed by atoms with Crippen molar-refractivity contribution < 1.29 is 28.6 Å². The molecule has 0 aromatic heterocycles. The molecule has 0 aromatic carbocycles. The van der Waals surface area contributed by atoms with Crippen molar-refractivity contribution in [2.45, 2.75) is 380 Å². The van der Waals surface area contributed by atoms with Gasteiger partial charge in [-0.1, -0.05) is 331 Å². The Labute approximate surface area is 510 Å². The highest BCUT2D eigenvalue weighted by Crippen LogP contribution is 2.18. The molecule has 0 aliphatic rings. The number of unbranched alkanes of at least 4 members (excludes halogenated alkanes) is 43. The molecule has 476 valence electrons. The first-order valence-corrected chi connectivity index (χ1v) is 35.9. The molecule has 6 nitrogen and oxygen atoms in total. The van der Waals surface area contributed by atoms with E-state index < -0.39 is 6.10 Å². The molecule has 0 radical (unpaired) electrons. The lowest BCUT2D eigenvalue weighted by Gasteiger charge is -2.18.